The van der Waals surface area contributed by atoms with Gasteiger partial charge in [-0.25, -0.2) is 0 Å². The van der Waals surface area contributed by atoms with Gasteiger partial charge in [0.2, 0.25) is 0 Å². The van der Waals surface area contributed by atoms with Crippen LogP contribution in [-0.4, -0.2) is 16.1 Å². The van der Waals surface area contributed by atoms with E-state index in [4.69, 9.17) is 0 Å². The normalized spacial score (nSPS) is 12.9. The molecule has 20 heavy (non-hydrogen) atoms. The molecule has 0 saturated carbocycles. The zero-order chi connectivity index (χ0) is 15.3. The third-order valence-corrected chi connectivity index (χ3v) is 3.40. The van der Waals surface area contributed by atoms with E-state index in [9.17, 15) is 23.1 Å². The lowest BCUT2D eigenvalue weighted by molar-refractivity contribution is -0.145. The number of hydrogen-bond acceptors (Lipinski definition) is 1. The molecule has 0 bridgehead atoms. The van der Waals surface area contributed by atoms with Crippen molar-refractivity contribution in [2.45, 2.75) is 32.4 Å². The van der Waals surface area contributed by atoms with Crippen LogP contribution in [0.3, 0.4) is 0 Å². The predicted molar refractivity (Wildman–Crippen MR) is 68.7 cm³/mol. The van der Waals surface area contributed by atoms with Crippen molar-refractivity contribution in [1.82, 2.24) is 4.98 Å². The summed E-state index contributed by atoms with van der Waals surface area (Å²) in [7, 11) is 0. The first-order valence-electron chi connectivity index (χ1n) is 5.98. The number of carboxylic acid groups (broad SMARTS) is 1. The largest absolute Gasteiger partial charge is 0.481 e. The summed E-state index contributed by atoms with van der Waals surface area (Å²) < 4.78 is 39.5. The molecule has 3 nitrogen and oxygen atoms in total. The molecule has 0 aliphatic rings. The molecule has 1 heterocycles. The number of fused-ring (bicyclic) bond motifs is 1. The molecular formula is C14H14F3NO2. The van der Waals surface area contributed by atoms with E-state index in [2.05, 4.69) is 4.98 Å². The van der Waals surface area contributed by atoms with Gasteiger partial charge in [0.1, 0.15) is 5.69 Å². The minimum Gasteiger partial charge on any atom is -0.481 e. The molecule has 0 aliphatic heterocycles. The lowest BCUT2D eigenvalue weighted by Crippen LogP contribution is -2.31. The van der Waals surface area contributed by atoms with Crippen molar-refractivity contribution in [3.05, 3.63) is 35.0 Å². The van der Waals surface area contributed by atoms with E-state index >= 15 is 0 Å². The molecule has 108 valence electrons. The van der Waals surface area contributed by atoms with Crippen LogP contribution in [0.25, 0.3) is 10.9 Å². The van der Waals surface area contributed by atoms with Crippen molar-refractivity contribution in [2.24, 2.45) is 0 Å². The van der Waals surface area contributed by atoms with Gasteiger partial charge in [0.15, 0.2) is 0 Å². The first-order valence-corrected chi connectivity index (χ1v) is 5.98. The summed E-state index contributed by atoms with van der Waals surface area (Å²) in [6, 6.07) is 4.78. The van der Waals surface area contributed by atoms with E-state index in [1.165, 1.54) is 19.9 Å². The maximum absolute atomic E-state index is 13.2. The summed E-state index contributed by atoms with van der Waals surface area (Å²) >= 11 is 0. The number of aliphatic carboxylic acids is 1. The number of carbonyl (C=O) groups is 1. The third-order valence-electron chi connectivity index (χ3n) is 3.40. The van der Waals surface area contributed by atoms with Gasteiger partial charge in [0, 0.05) is 16.5 Å². The van der Waals surface area contributed by atoms with Gasteiger partial charge >= 0.3 is 12.1 Å². The molecule has 2 rings (SSSR count). The van der Waals surface area contributed by atoms with Crippen LogP contribution < -0.4 is 0 Å². The maximum atomic E-state index is 13.2. The van der Waals surface area contributed by atoms with Crippen LogP contribution in [0.1, 0.15) is 30.7 Å². The highest BCUT2D eigenvalue weighted by Gasteiger charge is 2.44. The number of halogens is 3. The predicted octanol–water partition coefficient (Wildman–Crippen LogP) is 3.86. The molecule has 0 unspecified atom stereocenters. The molecule has 0 spiro atoms. The molecular weight excluding hydrogens is 271 g/mol. The van der Waals surface area contributed by atoms with Gasteiger partial charge in [-0.1, -0.05) is 11.6 Å². The van der Waals surface area contributed by atoms with E-state index in [-0.39, 0.29) is 11.1 Å². The molecule has 1 aromatic carbocycles. The van der Waals surface area contributed by atoms with E-state index in [1.807, 2.05) is 0 Å². The number of H-pyrrole nitrogens is 1. The number of benzene rings is 1. The number of aromatic amines is 1. The topological polar surface area (TPSA) is 53.1 Å². The fourth-order valence-electron chi connectivity index (χ4n) is 2.27. The SMILES string of the molecule is Cc1ccc2[nH]c(C(F)(F)F)c(C(C)(C)C(=O)O)c2c1. The second-order valence-corrected chi connectivity index (χ2v) is 5.35. The maximum Gasteiger partial charge on any atom is 0.431 e. The smallest absolute Gasteiger partial charge is 0.431 e. The average Bonchev–Trinajstić information content (AvgIpc) is 2.67. The number of nitrogens with one attached hydrogen (secondary N) is 1. The summed E-state index contributed by atoms with van der Waals surface area (Å²) in [4.78, 5) is 13.7. The Morgan fingerprint density at radius 3 is 2.35 bits per heavy atom. The highest BCUT2D eigenvalue weighted by molar-refractivity contribution is 5.93. The third kappa shape index (κ3) is 2.15. The van der Waals surface area contributed by atoms with Gasteiger partial charge < -0.3 is 10.1 Å². The average molecular weight is 285 g/mol. The fraction of sp³-hybridized carbons (Fsp3) is 0.357. The molecule has 6 heteroatoms. The first kappa shape index (κ1) is 14.4. The van der Waals surface area contributed by atoms with Gasteiger partial charge in [0.05, 0.1) is 5.41 Å². The Hall–Kier alpha value is -1.98. The minimum absolute atomic E-state index is 0.226. The molecule has 0 fully saturated rings. The van der Waals surface area contributed by atoms with Gasteiger partial charge in [-0.2, -0.15) is 13.2 Å². The van der Waals surface area contributed by atoms with Crippen LogP contribution in [0.2, 0.25) is 0 Å². The fourth-order valence-corrected chi connectivity index (χ4v) is 2.27. The van der Waals surface area contributed by atoms with Crippen LogP contribution in [0.5, 0.6) is 0 Å². The zero-order valence-corrected chi connectivity index (χ0v) is 11.2. The monoisotopic (exact) mass is 285 g/mol. The molecule has 0 saturated heterocycles. The summed E-state index contributed by atoms with van der Waals surface area (Å²) in [5, 5.41) is 9.55. The molecule has 0 radical (unpaired) electrons. The first-order chi connectivity index (χ1) is 9.05. The Morgan fingerprint density at radius 1 is 1.25 bits per heavy atom. The number of rotatable bonds is 2. The van der Waals surface area contributed by atoms with Crippen molar-refractivity contribution < 1.29 is 23.1 Å². The van der Waals surface area contributed by atoms with E-state index < -0.39 is 23.3 Å². The Kier molecular flexibility index (Phi) is 3.07. The number of aromatic nitrogens is 1. The standard InChI is InChI=1S/C14H14F3NO2/c1-7-4-5-9-8(6-7)10(13(2,3)12(19)20)11(18-9)14(15,16)17/h4-6,18H,1-3H3,(H,19,20). The van der Waals surface area contributed by atoms with Crippen LogP contribution in [0.15, 0.2) is 18.2 Å². The Morgan fingerprint density at radius 2 is 1.85 bits per heavy atom. The number of aryl methyl sites for hydroxylation is 1. The Labute approximate surface area is 113 Å². The van der Waals surface area contributed by atoms with Gasteiger partial charge in [0.25, 0.3) is 0 Å². The quantitative estimate of drug-likeness (QED) is 0.880. The van der Waals surface area contributed by atoms with E-state index in [0.717, 1.165) is 5.56 Å². The molecule has 0 amide bonds. The van der Waals surface area contributed by atoms with Crippen LogP contribution >= 0.6 is 0 Å². The second-order valence-electron chi connectivity index (χ2n) is 5.35. The molecule has 0 aliphatic carbocycles. The van der Waals surface area contributed by atoms with Crippen molar-refractivity contribution >= 4 is 16.9 Å². The Bertz CT molecular complexity index is 684. The van der Waals surface area contributed by atoms with Crippen molar-refractivity contribution in [3.8, 4) is 0 Å². The van der Waals surface area contributed by atoms with Crippen molar-refractivity contribution in [2.75, 3.05) is 0 Å². The lowest BCUT2D eigenvalue weighted by atomic mass is 9.82. The van der Waals surface area contributed by atoms with Crippen molar-refractivity contribution in [1.29, 1.82) is 0 Å². The number of carboxylic acids is 1. The molecule has 0 atom stereocenters. The summed E-state index contributed by atoms with van der Waals surface area (Å²) in [5.74, 6) is -1.30. The molecule has 2 aromatic rings. The van der Waals surface area contributed by atoms with Crippen LogP contribution in [0, 0.1) is 6.92 Å². The van der Waals surface area contributed by atoms with Gasteiger partial charge in [-0.3, -0.25) is 4.79 Å². The molecule has 1 aromatic heterocycles. The number of alkyl halides is 3. The van der Waals surface area contributed by atoms with Gasteiger partial charge in [-0.15, -0.1) is 0 Å². The Balaban J connectivity index is 2.90. The minimum atomic E-state index is -4.63. The van der Waals surface area contributed by atoms with Crippen LogP contribution in [0.4, 0.5) is 13.2 Å². The van der Waals surface area contributed by atoms with Crippen molar-refractivity contribution in [3.63, 3.8) is 0 Å². The second kappa shape index (κ2) is 4.26. The highest BCUT2D eigenvalue weighted by atomic mass is 19.4. The van der Waals surface area contributed by atoms with Crippen LogP contribution in [-0.2, 0) is 16.4 Å². The lowest BCUT2D eigenvalue weighted by Gasteiger charge is -2.21. The van der Waals surface area contributed by atoms with E-state index in [1.54, 1.807) is 19.1 Å². The summed E-state index contributed by atoms with van der Waals surface area (Å²) in [5.41, 5.74) is -1.81. The highest BCUT2D eigenvalue weighted by Crippen LogP contribution is 2.41. The van der Waals surface area contributed by atoms with Gasteiger partial charge in [-0.05, 0) is 32.9 Å². The number of hydrogen-bond donors (Lipinski definition) is 2. The summed E-state index contributed by atoms with van der Waals surface area (Å²) in [6.45, 7) is 4.29. The van der Waals surface area contributed by atoms with E-state index in [0.29, 0.717) is 5.39 Å². The molecule has 2 N–H and O–H groups in total. The summed E-state index contributed by atoms with van der Waals surface area (Å²) in [6.07, 6.45) is -4.63. The zero-order valence-electron chi connectivity index (χ0n) is 11.2.